The van der Waals surface area contributed by atoms with Crippen LogP contribution < -0.4 is 4.72 Å². The van der Waals surface area contributed by atoms with Crippen molar-refractivity contribution in [2.45, 2.75) is 25.3 Å². The summed E-state index contributed by atoms with van der Waals surface area (Å²) in [5, 5.41) is 4.02. The first-order valence-corrected chi connectivity index (χ1v) is 7.33. The molecular formula is C12H13F2N3O2S. The Morgan fingerprint density at radius 3 is 2.60 bits per heavy atom. The van der Waals surface area contributed by atoms with Crippen molar-refractivity contribution < 1.29 is 17.2 Å². The molecule has 0 aliphatic carbocycles. The van der Waals surface area contributed by atoms with E-state index in [0.29, 0.717) is 18.3 Å². The van der Waals surface area contributed by atoms with Gasteiger partial charge in [-0.1, -0.05) is 0 Å². The lowest BCUT2D eigenvalue weighted by atomic mass is 10.3. The molecule has 0 fully saturated rings. The monoisotopic (exact) mass is 301 g/mol. The van der Waals surface area contributed by atoms with Crippen molar-refractivity contribution in [3.63, 3.8) is 0 Å². The van der Waals surface area contributed by atoms with Crippen LogP contribution >= 0.6 is 0 Å². The lowest BCUT2D eigenvalue weighted by Crippen LogP contribution is -2.14. The molecule has 0 aliphatic heterocycles. The average Bonchev–Trinajstić information content (AvgIpc) is 2.75. The fraction of sp³-hybridized carbons (Fsp3) is 0.250. The second kappa shape index (κ2) is 5.20. The summed E-state index contributed by atoms with van der Waals surface area (Å²) in [6.07, 6.45) is 1.36. The third-order valence-corrected chi connectivity index (χ3v) is 4.16. The average molecular weight is 301 g/mol. The molecule has 8 heteroatoms. The number of aryl methyl sites for hydroxylation is 2. The molecule has 0 amide bonds. The van der Waals surface area contributed by atoms with Crippen LogP contribution in [0.15, 0.2) is 29.3 Å². The SMILES string of the molecule is CCn1cc(S(=O)(=O)Nc2ccc(F)cc2F)c(C)n1. The number of hydrogen-bond acceptors (Lipinski definition) is 3. The molecule has 0 bridgehead atoms. The van der Waals surface area contributed by atoms with Gasteiger partial charge in [-0.3, -0.25) is 9.40 Å². The molecule has 1 aromatic heterocycles. The van der Waals surface area contributed by atoms with Crippen LogP contribution in [-0.4, -0.2) is 18.2 Å². The third-order valence-electron chi connectivity index (χ3n) is 2.69. The number of sulfonamides is 1. The lowest BCUT2D eigenvalue weighted by Gasteiger charge is -2.07. The zero-order valence-corrected chi connectivity index (χ0v) is 11.7. The summed E-state index contributed by atoms with van der Waals surface area (Å²) in [7, 11) is -3.96. The van der Waals surface area contributed by atoms with Crippen molar-refractivity contribution >= 4 is 15.7 Å². The number of aromatic nitrogens is 2. The Bertz CT molecular complexity index is 741. The molecule has 0 radical (unpaired) electrons. The minimum absolute atomic E-state index is 0.0388. The first-order chi connectivity index (χ1) is 9.33. The highest BCUT2D eigenvalue weighted by molar-refractivity contribution is 7.92. The van der Waals surface area contributed by atoms with Crippen molar-refractivity contribution in [1.82, 2.24) is 9.78 Å². The van der Waals surface area contributed by atoms with E-state index in [1.54, 1.807) is 6.92 Å². The predicted molar refractivity (Wildman–Crippen MR) is 69.8 cm³/mol. The van der Waals surface area contributed by atoms with E-state index in [1.807, 2.05) is 6.92 Å². The van der Waals surface area contributed by atoms with Gasteiger partial charge in [-0.25, -0.2) is 17.2 Å². The van der Waals surface area contributed by atoms with E-state index in [-0.39, 0.29) is 10.6 Å². The van der Waals surface area contributed by atoms with Crippen molar-refractivity contribution in [1.29, 1.82) is 0 Å². The number of nitrogens with one attached hydrogen (secondary N) is 1. The largest absolute Gasteiger partial charge is 0.277 e. The Balaban J connectivity index is 2.38. The van der Waals surface area contributed by atoms with Crippen LogP contribution in [0.25, 0.3) is 0 Å². The molecule has 2 aromatic rings. The minimum Gasteiger partial charge on any atom is -0.277 e. The van der Waals surface area contributed by atoms with E-state index >= 15 is 0 Å². The summed E-state index contributed by atoms with van der Waals surface area (Å²) in [5.74, 6) is -1.76. The molecule has 0 saturated heterocycles. The Kier molecular flexibility index (Phi) is 3.76. The van der Waals surface area contributed by atoms with Gasteiger partial charge in [0.1, 0.15) is 16.5 Å². The fourth-order valence-corrected chi connectivity index (χ4v) is 2.95. The minimum atomic E-state index is -3.96. The molecule has 1 heterocycles. The van der Waals surface area contributed by atoms with Gasteiger partial charge in [0.25, 0.3) is 10.0 Å². The maximum Gasteiger partial charge on any atom is 0.265 e. The van der Waals surface area contributed by atoms with Gasteiger partial charge in [0.05, 0.1) is 11.4 Å². The molecule has 0 unspecified atom stereocenters. The van der Waals surface area contributed by atoms with Crippen LogP contribution in [0.2, 0.25) is 0 Å². The van der Waals surface area contributed by atoms with Gasteiger partial charge in [0.15, 0.2) is 0 Å². The summed E-state index contributed by atoms with van der Waals surface area (Å²) >= 11 is 0. The van der Waals surface area contributed by atoms with Crippen molar-refractivity contribution in [3.8, 4) is 0 Å². The molecular weight excluding hydrogens is 288 g/mol. The quantitative estimate of drug-likeness (QED) is 0.942. The number of halogens is 2. The van der Waals surface area contributed by atoms with E-state index in [9.17, 15) is 17.2 Å². The molecule has 1 N–H and O–H groups in total. The van der Waals surface area contributed by atoms with Crippen molar-refractivity contribution in [2.24, 2.45) is 0 Å². The van der Waals surface area contributed by atoms with Crippen molar-refractivity contribution in [3.05, 3.63) is 41.7 Å². The Morgan fingerprint density at radius 1 is 1.35 bits per heavy atom. The summed E-state index contributed by atoms with van der Waals surface area (Å²) in [5.41, 5.74) is -0.00285. The zero-order chi connectivity index (χ0) is 14.9. The van der Waals surface area contributed by atoms with Crippen LogP contribution in [-0.2, 0) is 16.6 Å². The molecule has 1 aromatic carbocycles. The lowest BCUT2D eigenvalue weighted by molar-refractivity contribution is 0.582. The Labute approximate surface area is 115 Å². The highest BCUT2D eigenvalue weighted by Gasteiger charge is 2.21. The maximum atomic E-state index is 13.5. The van der Waals surface area contributed by atoms with E-state index in [2.05, 4.69) is 9.82 Å². The van der Waals surface area contributed by atoms with E-state index in [4.69, 9.17) is 0 Å². The highest BCUT2D eigenvalue weighted by atomic mass is 32.2. The summed E-state index contributed by atoms with van der Waals surface area (Å²) < 4.78 is 54.1. The smallest absolute Gasteiger partial charge is 0.265 e. The standard InChI is InChI=1S/C12H13F2N3O2S/c1-3-17-7-12(8(2)15-17)20(18,19)16-11-5-4-9(13)6-10(11)14/h4-7,16H,3H2,1-2H3. The highest BCUT2D eigenvalue weighted by Crippen LogP contribution is 2.21. The first-order valence-electron chi connectivity index (χ1n) is 5.85. The van der Waals surface area contributed by atoms with Gasteiger partial charge in [-0.2, -0.15) is 5.10 Å². The van der Waals surface area contributed by atoms with E-state index in [1.165, 1.54) is 10.9 Å². The van der Waals surface area contributed by atoms with Crippen LogP contribution in [0.3, 0.4) is 0 Å². The zero-order valence-electron chi connectivity index (χ0n) is 10.9. The first kappa shape index (κ1) is 14.4. The van der Waals surface area contributed by atoms with Crippen LogP contribution in [0, 0.1) is 18.6 Å². The number of hydrogen-bond donors (Lipinski definition) is 1. The molecule has 0 saturated carbocycles. The third kappa shape index (κ3) is 2.79. The number of anilines is 1. The van der Waals surface area contributed by atoms with Crippen molar-refractivity contribution in [2.75, 3.05) is 4.72 Å². The van der Waals surface area contributed by atoms with Gasteiger partial charge in [-0.15, -0.1) is 0 Å². The molecule has 0 spiro atoms. The Hall–Kier alpha value is -1.96. The summed E-state index contributed by atoms with van der Waals surface area (Å²) in [6.45, 7) is 3.87. The number of nitrogens with zero attached hydrogens (tertiary/aromatic N) is 2. The Morgan fingerprint density at radius 2 is 2.05 bits per heavy atom. The van der Waals surface area contributed by atoms with Gasteiger partial charge in [0, 0.05) is 18.8 Å². The summed E-state index contributed by atoms with van der Waals surface area (Å²) in [6, 6.07) is 2.62. The van der Waals surface area contributed by atoms with E-state index in [0.717, 1.165) is 12.1 Å². The fourth-order valence-electron chi connectivity index (χ4n) is 1.70. The molecule has 5 nitrogen and oxygen atoms in total. The number of benzene rings is 1. The molecule has 0 atom stereocenters. The molecule has 20 heavy (non-hydrogen) atoms. The second-order valence-electron chi connectivity index (χ2n) is 4.16. The molecule has 0 aliphatic rings. The van der Waals surface area contributed by atoms with Crippen LogP contribution in [0.4, 0.5) is 14.5 Å². The van der Waals surface area contributed by atoms with Gasteiger partial charge in [0.2, 0.25) is 0 Å². The second-order valence-corrected chi connectivity index (χ2v) is 5.81. The predicted octanol–water partition coefficient (Wildman–Crippen LogP) is 2.29. The van der Waals surface area contributed by atoms with Gasteiger partial charge in [-0.05, 0) is 26.0 Å². The molecule has 108 valence electrons. The van der Waals surface area contributed by atoms with Gasteiger partial charge < -0.3 is 0 Å². The van der Waals surface area contributed by atoms with Gasteiger partial charge >= 0.3 is 0 Å². The normalized spacial score (nSPS) is 11.6. The number of rotatable bonds is 4. The summed E-state index contributed by atoms with van der Waals surface area (Å²) in [4.78, 5) is -0.0388. The van der Waals surface area contributed by atoms with Crippen LogP contribution in [0.5, 0.6) is 0 Å². The molecule has 2 rings (SSSR count). The van der Waals surface area contributed by atoms with E-state index < -0.39 is 21.7 Å². The topological polar surface area (TPSA) is 64.0 Å². The van der Waals surface area contributed by atoms with Crippen LogP contribution in [0.1, 0.15) is 12.6 Å². The maximum absolute atomic E-state index is 13.5.